The molecule has 1 aliphatic rings. The van der Waals surface area contributed by atoms with E-state index in [1.165, 1.54) is 25.9 Å². The topological polar surface area (TPSA) is 33.7 Å². The van der Waals surface area contributed by atoms with Crippen LogP contribution in [-0.4, -0.2) is 45.3 Å². The van der Waals surface area contributed by atoms with Crippen LogP contribution in [0.4, 0.5) is 0 Å². The fourth-order valence-corrected chi connectivity index (χ4v) is 3.14. The van der Waals surface area contributed by atoms with Crippen LogP contribution in [0, 0.1) is 5.92 Å². The maximum atomic E-state index is 6.22. The lowest BCUT2D eigenvalue weighted by atomic mass is 9.99. The number of halogens is 1. The van der Waals surface area contributed by atoms with Crippen LogP contribution in [0.3, 0.4) is 0 Å². The highest BCUT2D eigenvalue weighted by molar-refractivity contribution is 6.32. The minimum Gasteiger partial charge on any atom is -0.493 e. The highest BCUT2D eigenvalue weighted by atomic mass is 35.5. The Morgan fingerprint density at radius 1 is 1.23 bits per heavy atom. The molecule has 0 aliphatic carbocycles. The first-order valence-corrected chi connectivity index (χ1v) is 8.35. The monoisotopic (exact) mass is 326 g/mol. The summed E-state index contributed by atoms with van der Waals surface area (Å²) in [5, 5.41) is 4.07. The molecular formula is C17H27ClN2O2. The van der Waals surface area contributed by atoms with E-state index in [0.717, 1.165) is 31.1 Å². The van der Waals surface area contributed by atoms with Crippen molar-refractivity contribution in [3.8, 4) is 11.5 Å². The quantitative estimate of drug-likeness (QED) is 0.780. The van der Waals surface area contributed by atoms with Crippen LogP contribution in [0.5, 0.6) is 11.5 Å². The summed E-state index contributed by atoms with van der Waals surface area (Å²) in [4.78, 5) is 2.54. The normalized spacial score (nSPS) is 16.7. The largest absolute Gasteiger partial charge is 0.493 e. The molecule has 1 heterocycles. The van der Waals surface area contributed by atoms with Crippen LogP contribution in [0.2, 0.25) is 5.02 Å². The Morgan fingerprint density at radius 3 is 2.59 bits per heavy atom. The molecule has 1 aliphatic heterocycles. The van der Waals surface area contributed by atoms with Gasteiger partial charge in [-0.2, -0.15) is 0 Å². The van der Waals surface area contributed by atoms with E-state index >= 15 is 0 Å². The van der Waals surface area contributed by atoms with Crippen molar-refractivity contribution >= 4 is 11.6 Å². The Bertz CT molecular complexity index is 474. The number of hydrogen-bond acceptors (Lipinski definition) is 4. The van der Waals surface area contributed by atoms with Gasteiger partial charge >= 0.3 is 0 Å². The molecule has 5 heteroatoms. The van der Waals surface area contributed by atoms with Gasteiger partial charge in [0.15, 0.2) is 11.5 Å². The maximum Gasteiger partial charge on any atom is 0.179 e. The smallest absolute Gasteiger partial charge is 0.179 e. The van der Waals surface area contributed by atoms with Gasteiger partial charge in [0, 0.05) is 19.6 Å². The van der Waals surface area contributed by atoms with Crippen LogP contribution in [0.25, 0.3) is 0 Å². The Hall–Kier alpha value is -0.970. The highest BCUT2D eigenvalue weighted by Gasteiger charge is 2.15. The number of ether oxygens (including phenoxy) is 2. The number of likely N-dealkylation sites (tertiary alicyclic amines) is 1. The molecule has 0 atom stereocenters. The van der Waals surface area contributed by atoms with E-state index in [4.69, 9.17) is 21.1 Å². The second-order valence-corrected chi connectivity index (χ2v) is 6.42. The number of nitrogens with zero attached hydrogens (tertiary/aromatic N) is 1. The van der Waals surface area contributed by atoms with Crippen molar-refractivity contribution in [3.05, 3.63) is 22.7 Å². The molecule has 1 saturated heterocycles. The summed E-state index contributed by atoms with van der Waals surface area (Å²) < 4.78 is 10.6. The van der Waals surface area contributed by atoms with Gasteiger partial charge in [0.05, 0.1) is 19.2 Å². The lowest BCUT2D eigenvalue weighted by Crippen LogP contribution is -2.37. The first kappa shape index (κ1) is 17.4. The van der Waals surface area contributed by atoms with E-state index < -0.39 is 0 Å². The van der Waals surface area contributed by atoms with Gasteiger partial charge in [0.2, 0.25) is 0 Å². The molecule has 0 amide bonds. The third-order valence-corrected chi connectivity index (χ3v) is 4.58. The van der Waals surface area contributed by atoms with E-state index in [9.17, 15) is 0 Å². The first-order valence-electron chi connectivity index (χ1n) is 7.97. The van der Waals surface area contributed by atoms with Crippen molar-refractivity contribution in [2.24, 2.45) is 5.92 Å². The van der Waals surface area contributed by atoms with Gasteiger partial charge in [-0.05, 0) is 49.5 Å². The van der Waals surface area contributed by atoms with Gasteiger partial charge in [-0.25, -0.2) is 0 Å². The fourth-order valence-electron chi connectivity index (χ4n) is 2.83. The average Bonchev–Trinajstić information content (AvgIpc) is 2.52. The molecule has 4 nitrogen and oxygen atoms in total. The Balaban J connectivity index is 1.78. The lowest BCUT2D eigenvalue weighted by molar-refractivity contribution is 0.193. The SMILES string of the molecule is COc1cc(CNCCN2CCC(C)CC2)cc(Cl)c1OC. The number of methoxy groups -OCH3 is 2. The van der Waals surface area contributed by atoms with Crippen LogP contribution in [-0.2, 0) is 6.54 Å². The summed E-state index contributed by atoms with van der Waals surface area (Å²) in [6.45, 7) is 7.67. The molecule has 0 unspecified atom stereocenters. The van der Waals surface area contributed by atoms with Crippen molar-refractivity contribution in [1.29, 1.82) is 0 Å². The fraction of sp³-hybridized carbons (Fsp3) is 0.647. The number of hydrogen-bond donors (Lipinski definition) is 1. The molecule has 1 fully saturated rings. The molecule has 2 rings (SSSR count). The predicted molar refractivity (Wildman–Crippen MR) is 91.1 cm³/mol. The van der Waals surface area contributed by atoms with Crippen molar-refractivity contribution in [2.75, 3.05) is 40.4 Å². The standard InChI is InChI=1S/C17H27ClN2O2/c1-13-4-7-20(8-5-13)9-6-19-12-14-10-15(18)17(22-3)16(11-14)21-2/h10-11,13,19H,4-9,12H2,1-3H3. The van der Waals surface area contributed by atoms with Crippen molar-refractivity contribution in [1.82, 2.24) is 10.2 Å². The van der Waals surface area contributed by atoms with Crippen LogP contribution < -0.4 is 14.8 Å². The maximum absolute atomic E-state index is 6.22. The highest BCUT2D eigenvalue weighted by Crippen LogP contribution is 2.35. The molecule has 124 valence electrons. The summed E-state index contributed by atoms with van der Waals surface area (Å²) in [5.41, 5.74) is 1.11. The lowest BCUT2D eigenvalue weighted by Gasteiger charge is -2.30. The van der Waals surface area contributed by atoms with Gasteiger partial charge in [-0.15, -0.1) is 0 Å². The summed E-state index contributed by atoms with van der Waals surface area (Å²) in [7, 11) is 3.23. The van der Waals surface area contributed by atoms with Crippen molar-refractivity contribution < 1.29 is 9.47 Å². The molecule has 0 saturated carbocycles. The van der Waals surface area contributed by atoms with Crippen LogP contribution >= 0.6 is 11.6 Å². The van der Waals surface area contributed by atoms with Crippen LogP contribution in [0.1, 0.15) is 25.3 Å². The van der Waals surface area contributed by atoms with Crippen molar-refractivity contribution in [2.45, 2.75) is 26.3 Å². The van der Waals surface area contributed by atoms with Gasteiger partial charge in [-0.1, -0.05) is 18.5 Å². The minimum atomic E-state index is 0.587. The number of nitrogens with one attached hydrogen (secondary N) is 1. The molecule has 22 heavy (non-hydrogen) atoms. The number of benzene rings is 1. The molecule has 0 aromatic heterocycles. The van der Waals surface area contributed by atoms with E-state index in [1.807, 2.05) is 12.1 Å². The van der Waals surface area contributed by atoms with Gasteiger partial charge in [0.25, 0.3) is 0 Å². The van der Waals surface area contributed by atoms with Gasteiger partial charge in [-0.3, -0.25) is 0 Å². The molecule has 1 aromatic carbocycles. The number of piperidine rings is 1. The Morgan fingerprint density at radius 2 is 1.95 bits per heavy atom. The second kappa shape index (κ2) is 8.61. The van der Waals surface area contributed by atoms with Gasteiger partial charge in [0.1, 0.15) is 0 Å². The van der Waals surface area contributed by atoms with E-state index in [1.54, 1.807) is 14.2 Å². The van der Waals surface area contributed by atoms with E-state index in [2.05, 4.69) is 17.1 Å². The van der Waals surface area contributed by atoms with E-state index in [-0.39, 0.29) is 0 Å². The van der Waals surface area contributed by atoms with E-state index in [0.29, 0.717) is 16.5 Å². The first-order chi connectivity index (χ1) is 10.6. The summed E-state index contributed by atoms with van der Waals surface area (Å²) in [6.07, 6.45) is 2.65. The average molecular weight is 327 g/mol. The molecular weight excluding hydrogens is 300 g/mol. The van der Waals surface area contributed by atoms with Gasteiger partial charge < -0.3 is 19.7 Å². The third kappa shape index (κ3) is 4.77. The molecule has 1 N–H and O–H groups in total. The minimum absolute atomic E-state index is 0.587. The summed E-state index contributed by atoms with van der Waals surface area (Å²) >= 11 is 6.22. The van der Waals surface area contributed by atoms with Crippen molar-refractivity contribution in [3.63, 3.8) is 0 Å². The third-order valence-electron chi connectivity index (χ3n) is 4.30. The summed E-state index contributed by atoms with van der Waals surface area (Å²) in [6, 6.07) is 3.90. The predicted octanol–water partition coefficient (Wildman–Crippen LogP) is 3.18. The molecule has 1 aromatic rings. The zero-order valence-corrected chi connectivity index (χ0v) is 14.6. The van der Waals surface area contributed by atoms with Crippen LogP contribution in [0.15, 0.2) is 12.1 Å². The number of rotatable bonds is 7. The Kier molecular flexibility index (Phi) is 6.80. The zero-order chi connectivity index (χ0) is 15.9. The molecule has 0 radical (unpaired) electrons. The molecule has 0 spiro atoms. The summed E-state index contributed by atoms with van der Waals surface area (Å²) in [5.74, 6) is 2.16. The Labute approximate surface area is 138 Å². The second-order valence-electron chi connectivity index (χ2n) is 6.01. The zero-order valence-electron chi connectivity index (χ0n) is 13.8. The molecule has 0 bridgehead atoms.